The van der Waals surface area contributed by atoms with Gasteiger partial charge in [-0.3, -0.25) is 9.78 Å². The molecule has 2 saturated heterocycles. The Morgan fingerprint density at radius 3 is 2.66 bits per heavy atom. The van der Waals surface area contributed by atoms with Gasteiger partial charge in [-0.2, -0.15) is 0 Å². The summed E-state index contributed by atoms with van der Waals surface area (Å²) >= 11 is 0. The van der Waals surface area contributed by atoms with E-state index >= 15 is 0 Å². The summed E-state index contributed by atoms with van der Waals surface area (Å²) in [5.41, 5.74) is 7.38. The molecule has 202 valence electrons. The molecule has 6 nitrogen and oxygen atoms in total. The van der Waals surface area contributed by atoms with Gasteiger partial charge in [0.2, 0.25) is 0 Å². The quantitative estimate of drug-likeness (QED) is 0.324. The fraction of sp³-hybridized carbons (Fsp3) is 0.500. The summed E-state index contributed by atoms with van der Waals surface area (Å²) in [6.45, 7) is 13.4. The lowest BCUT2D eigenvalue weighted by Crippen LogP contribution is -2.43. The van der Waals surface area contributed by atoms with Crippen LogP contribution in [0, 0.1) is 12.8 Å². The molecular weight excluding hydrogens is 472 g/mol. The summed E-state index contributed by atoms with van der Waals surface area (Å²) in [5, 5.41) is 17.9. The molecule has 1 saturated carbocycles. The zero-order valence-electron chi connectivity index (χ0n) is 23.0. The van der Waals surface area contributed by atoms with Crippen LogP contribution < -0.4 is 10.6 Å². The van der Waals surface area contributed by atoms with E-state index in [0.29, 0.717) is 11.5 Å². The van der Waals surface area contributed by atoms with Crippen LogP contribution >= 0.6 is 0 Å². The molecule has 3 fully saturated rings. The molecule has 0 bridgehead atoms. The number of phenols is 1. The molecule has 2 aliphatic heterocycles. The standard InChI is InChI=1S/C32H42N4O2/c1-21-27(18-28(23(3)37)22(2)36-16-14-33-15-17-36)29(26-7-5-13-34-20-26)19-30(35-21)32-25(6-4-8-31(32)38)12-11-24-9-10-24/h4,6,8,18-19,24,26,33-34,38H,2,5,7,9-17,20H2,1,3H3/b28-18-. The van der Waals surface area contributed by atoms with Crippen molar-refractivity contribution in [2.45, 2.75) is 58.3 Å². The number of ketones is 1. The number of allylic oxidation sites excluding steroid dienone is 1. The number of nitrogens with one attached hydrogen (secondary N) is 2. The van der Waals surface area contributed by atoms with Crippen LogP contribution in [0.1, 0.15) is 67.3 Å². The van der Waals surface area contributed by atoms with Crippen LogP contribution in [0.25, 0.3) is 17.3 Å². The fourth-order valence-corrected chi connectivity index (χ4v) is 5.97. The van der Waals surface area contributed by atoms with Gasteiger partial charge in [-0.25, -0.2) is 0 Å². The number of pyridine rings is 1. The number of hydrogen-bond donors (Lipinski definition) is 3. The van der Waals surface area contributed by atoms with E-state index in [-0.39, 0.29) is 11.5 Å². The minimum atomic E-state index is 0.0211. The minimum Gasteiger partial charge on any atom is -0.507 e. The van der Waals surface area contributed by atoms with E-state index in [4.69, 9.17) is 4.98 Å². The van der Waals surface area contributed by atoms with Crippen LogP contribution in [0.15, 0.2) is 42.1 Å². The van der Waals surface area contributed by atoms with Gasteiger partial charge >= 0.3 is 0 Å². The number of carbonyl (C=O) groups excluding carboxylic acids is 1. The van der Waals surface area contributed by atoms with Gasteiger partial charge in [0.25, 0.3) is 0 Å². The number of phenolic OH excluding ortho intramolecular Hbond substituents is 1. The van der Waals surface area contributed by atoms with Crippen molar-refractivity contribution in [3.05, 3.63) is 64.5 Å². The maximum atomic E-state index is 12.9. The van der Waals surface area contributed by atoms with Crippen LogP contribution in [0.4, 0.5) is 0 Å². The van der Waals surface area contributed by atoms with Crippen molar-refractivity contribution >= 4 is 11.9 Å². The van der Waals surface area contributed by atoms with Gasteiger partial charge in [-0.05, 0) is 87.2 Å². The van der Waals surface area contributed by atoms with Crippen molar-refractivity contribution in [1.29, 1.82) is 0 Å². The lowest BCUT2D eigenvalue weighted by molar-refractivity contribution is -0.113. The molecule has 0 radical (unpaired) electrons. The average molecular weight is 515 g/mol. The second-order valence-corrected chi connectivity index (χ2v) is 11.2. The normalized spacial score (nSPS) is 20.4. The van der Waals surface area contributed by atoms with E-state index in [1.165, 1.54) is 18.4 Å². The maximum absolute atomic E-state index is 12.9. The molecule has 1 unspecified atom stereocenters. The Labute approximate surface area is 227 Å². The van der Waals surface area contributed by atoms with Crippen molar-refractivity contribution in [3.8, 4) is 17.0 Å². The number of aromatic hydroxyl groups is 1. The first-order valence-electron chi connectivity index (χ1n) is 14.3. The second-order valence-electron chi connectivity index (χ2n) is 11.2. The predicted octanol–water partition coefficient (Wildman–Crippen LogP) is 4.96. The first-order valence-corrected chi connectivity index (χ1v) is 14.3. The number of hydrogen-bond acceptors (Lipinski definition) is 6. The summed E-state index contributed by atoms with van der Waals surface area (Å²) < 4.78 is 0. The van der Waals surface area contributed by atoms with Crippen molar-refractivity contribution < 1.29 is 9.90 Å². The van der Waals surface area contributed by atoms with Crippen molar-refractivity contribution in [2.75, 3.05) is 39.3 Å². The Hall–Kier alpha value is -2.96. The number of benzene rings is 1. The van der Waals surface area contributed by atoms with Crippen molar-refractivity contribution in [1.82, 2.24) is 20.5 Å². The highest BCUT2D eigenvalue weighted by Crippen LogP contribution is 2.40. The van der Waals surface area contributed by atoms with Crippen LogP contribution in [0.3, 0.4) is 0 Å². The SMILES string of the molecule is C=C(/C(=C/c1c(C2CCCNC2)cc(-c2c(O)cccc2CCC2CC2)nc1C)C(C)=O)N1CCNCC1. The Bertz CT molecular complexity index is 1220. The number of nitrogens with zero attached hydrogens (tertiary/aromatic N) is 2. The molecule has 2 aromatic rings. The predicted molar refractivity (Wildman–Crippen MR) is 154 cm³/mol. The Balaban J connectivity index is 1.59. The van der Waals surface area contributed by atoms with Crippen LogP contribution in [0.5, 0.6) is 5.75 Å². The van der Waals surface area contributed by atoms with Gasteiger partial charge in [0.15, 0.2) is 5.78 Å². The van der Waals surface area contributed by atoms with E-state index in [1.54, 1.807) is 13.0 Å². The summed E-state index contributed by atoms with van der Waals surface area (Å²) in [6.07, 6.45) is 8.98. The van der Waals surface area contributed by atoms with Gasteiger partial charge in [-0.15, -0.1) is 0 Å². The number of piperidine rings is 1. The third-order valence-electron chi connectivity index (χ3n) is 8.40. The molecule has 1 aromatic carbocycles. The van der Waals surface area contributed by atoms with Crippen LogP contribution in [-0.2, 0) is 11.2 Å². The second kappa shape index (κ2) is 11.8. The topological polar surface area (TPSA) is 77.5 Å². The van der Waals surface area contributed by atoms with E-state index in [2.05, 4.69) is 34.2 Å². The zero-order valence-corrected chi connectivity index (χ0v) is 23.0. The number of rotatable bonds is 9. The number of carbonyl (C=O) groups is 1. The molecule has 6 heteroatoms. The Morgan fingerprint density at radius 1 is 1.18 bits per heavy atom. The molecule has 5 rings (SSSR count). The molecule has 3 heterocycles. The van der Waals surface area contributed by atoms with Crippen molar-refractivity contribution in [3.63, 3.8) is 0 Å². The molecule has 38 heavy (non-hydrogen) atoms. The van der Waals surface area contributed by atoms with Crippen LogP contribution in [0.2, 0.25) is 0 Å². The van der Waals surface area contributed by atoms with E-state index in [9.17, 15) is 9.90 Å². The Morgan fingerprint density at radius 2 is 1.97 bits per heavy atom. The van der Waals surface area contributed by atoms with E-state index in [1.807, 2.05) is 19.1 Å². The number of Topliss-reactive ketones (excluding diaryl/α,β-unsaturated/α-hetero) is 1. The molecule has 0 amide bonds. The summed E-state index contributed by atoms with van der Waals surface area (Å²) in [4.78, 5) is 20.2. The zero-order chi connectivity index (χ0) is 26.6. The summed E-state index contributed by atoms with van der Waals surface area (Å²) in [5.74, 6) is 1.45. The molecular formula is C32H42N4O2. The van der Waals surface area contributed by atoms with E-state index < -0.39 is 0 Å². The number of aromatic nitrogens is 1. The smallest absolute Gasteiger partial charge is 0.161 e. The number of piperazine rings is 1. The third-order valence-corrected chi connectivity index (χ3v) is 8.40. The maximum Gasteiger partial charge on any atom is 0.161 e. The van der Waals surface area contributed by atoms with E-state index in [0.717, 1.165) is 105 Å². The van der Waals surface area contributed by atoms with Gasteiger partial charge in [0.1, 0.15) is 5.75 Å². The monoisotopic (exact) mass is 514 g/mol. The molecule has 1 atom stereocenters. The van der Waals surface area contributed by atoms with Gasteiger partial charge in [-0.1, -0.05) is 31.6 Å². The van der Waals surface area contributed by atoms with Crippen LogP contribution in [-0.4, -0.2) is 60.0 Å². The van der Waals surface area contributed by atoms with Crippen molar-refractivity contribution in [2.24, 2.45) is 5.92 Å². The highest BCUT2D eigenvalue weighted by molar-refractivity contribution is 6.02. The van der Waals surface area contributed by atoms with Gasteiger partial charge < -0.3 is 20.6 Å². The molecule has 3 aliphatic rings. The highest BCUT2D eigenvalue weighted by atomic mass is 16.3. The lowest BCUT2D eigenvalue weighted by Gasteiger charge is -2.32. The van der Waals surface area contributed by atoms with Gasteiger partial charge in [0, 0.05) is 60.8 Å². The first kappa shape index (κ1) is 26.6. The molecule has 0 spiro atoms. The highest BCUT2D eigenvalue weighted by Gasteiger charge is 2.26. The molecule has 1 aliphatic carbocycles. The largest absolute Gasteiger partial charge is 0.507 e. The summed E-state index contributed by atoms with van der Waals surface area (Å²) in [7, 11) is 0. The molecule has 3 N–H and O–H groups in total. The molecule has 1 aromatic heterocycles. The third kappa shape index (κ3) is 6.02. The first-order chi connectivity index (χ1) is 18.4. The van der Waals surface area contributed by atoms with Gasteiger partial charge in [0.05, 0.1) is 5.69 Å². The fourth-order valence-electron chi connectivity index (χ4n) is 5.97. The minimum absolute atomic E-state index is 0.0211. The summed E-state index contributed by atoms with van der Waals surface area (Å²) in [6, 6.07) is 8.03. The average Bonchev–Trinajstić information content (AvgIpc) is 3.76. The Kier molecular flexibility index (Phi) is 8.29. The number of aryl methyl sites for hydroxylation is 2. The lowest BCUT2D eigenvalue weighted by atomic mass is 9.85.